The number of esters is 2. The molecule has 1 aromatic carbocycles. The van der Waals surface area contributed by atoms with Gasteiger partial charge < -0.3 is 9.47 Å². The molecule has 0 fully saturated rings. The topological polar surface area (TPSA) is 52.6 Å². The lowest BCUT2D eigenvalue weighted by atomic mass is 9.97. The number of hydrogen-bond donors (Lipinski definition) is 0. The van der Waals surface area contributed by atoms with Gasteiger partial charge in [0.2, 0.25) is 0 Å². The number of carbonyl (C=O) groups is 2. The fourth-order valence-corrected chi connectivity index (χ4v) is 1.80. The van der Waals surface area contributed by atoms with Gasteiger partial charge in [0.1, 0.15) is 11.7 Å². The number of hydrogen-bond acceptors (Lipinski definition) is 4. The summed E-state index contributed by atoms with van der Waals surface area (Å²) in [6.45, 7) is 8.45. The number of benzene rings is 1. The van der Waals surface area contributed by atoms with Gasteiger partial charge in [0.05, 0.1) is 5.92 Å². The van der Waals surface area contributed by atoms with E-state index in [1.54, 1.807) is 27.7 Å². The third-order valence-electron chi connectivity index (χ3n) is 2.65. The van der Waals surface area contributed by atoms with Gasteiger partial charge in [-0.15, -0.1) is 0 Å². The minimum Gasteiger partial charge on any atom is -0.460 e. The Bertz CT molecular complexity index is 459. The van der Waals surface area contributed by atoms with E-state index in [1.807, 2.05) is 30.3 Å². The van der Waals surface area contributed by atoms with Crippen molar-refractivity contribution in [1.29, 1.82) is 0 Å². The first-order valence-corrected chi connectivity index (χ1v) is 6.66. The summed E-state index contributed by atoms with van der Waals surface area (Å²) in [6, 6.07) is 9.21. The van der Waals surface area contributed by atoms with E-state index in [9.17, 15) is 9.59 Å². The van der Waals surface area contributed by atoms with E-state index in [0.29, 0.717) is 0 Å². The van der Waals surface area contributed by atoms with Gasteiger partial charge in [-0.2, -0.15) is 0 Å². The molecule has 0 N–H and O–H groups in total. The molecule has 0 aromatic heterocycles. The smallest absolute Gasteiger partial charge is 0.313 e. The second-order valence-electron chi connectivity index (χ2n) is 5.76. The van der Waals surface area contributed by atoms with E-state index in [1.165, 1.54) is 6.92 Å². The minimum absolute atomic E-state index is 0.382. The highest BCUT2D eigenvalue weighted by Crippen LogP contribution is 2.28. The highest BCUT2D eigenvalue weighted by atomic mass is 16.6. The van der Waals surface area contributed by atoms with Crippen LogP contribution in [-0.4, -0.2) is 17.5 Å². The molecule has 0 heterocycles. The van der Waals surface area contributed by atoms with Crippen LogP contribution >= 0.6 is 0 Å². The first-order valence-electron chi connectivity index (χ1n) is 6.66. The summed E-state index contributed by atoms with van der Waals surface area (Å²) in [6.07, 6.45) is -0.636. The van der Waals surface area contributed by atoms with Gasteiger partial charge >= 0.3 is 11.9 Å². The van der Waals surface area contributed by atoms with Gasteiger partial charge in [0, 0.05) is 6.92 Å². The van der Waals surface area contributed by atoms with Gasteiger partial charge in [-0.1, -0.05) is 30.3 Å². The molecule has 4 nitrogen and oxygen atoms in total. The van der Waals surface area contributed by atoms with Crippen LogP contribution in [0, 0.1) is 5.92 Å². The molecule has 0 spiro atoms. The maximum absolute atomic E-state index is 12.1. The summed E-state index contributed by atoms with van der Waals surface area (Å²) in [5.74, 6) is -1.37. The zero-order chi connectivity index (χ0) is 15.3. The lowest BCUT2D eigenvalue weighted by Gasteiger charge is -2.27. The molecule has 4 heteroatoms. The standard InChI is InChI=1S/C16H22O4/c1-11(15(18)20-16(3,4)5)14(19-12(2)17)13-9-7-6-8-10-13/h6-11,14H,1-5H3/t11-,14+/m0/s1. The van der Waals surface area contributed by atoms with Crippen molar-refractivity contribution in [2.45, 2.75) is 46.3 Å². The molecule has 0 saturated heterocycles. The Morgan fingerprint density at radius 1 is 1.10 bits per heavy atom. The van der Waals surface area contributed by atoms with E-state index >= 15 is 0 Å². The van der Waals surface area contributed by atoms with Gasteiger partial charge in [-0.05, 0) is 33.3 Å². The molecule has 1 rings (SSSR count). The zero-order valence-electron chi connectivity index (χ0n) is 12.7. The van der Waals surface area contributed by atoms with Crippen LogP contribution in [0.2, 0.25) is 0 Å². The molecule has 1 aromatic rings. The normalized spacial score (nSPS) is 14.2. The average Bonchev–Trinajstić information content (AvgIpc) is 2.34. The fourth-order valence-electron chi connectivity index (χ4n) is 1.80. The average molecular weight is 278 g/mol. The predicted octanol–water partition coefficient (Wildman–Crippen LogP) is 3.27. The van der Waals surface area contributed by atoms with E-state index < -0.39 is 23.6 Å². The molecule has 0 aliphatic heterocycles. The van der Waals surface area contributed by atoms with Crippen LogP contribution in [0.15, 0.2) is 30.3 Å². The molecule has 0 unspecified atom stereocenters. The van der Waals surface area contributed by atoms with Crippen molar-refractivity contribution in [1.82, 2.24) is 0 Å². The van der Waals surface area contributed by atoms with Crippen molar-refractivity contribution in [2.24, 2.45) is 5.92 Å². The van der Waals surface area contributed by atoms with Crippen LogP contribution in [0.25, 0.3) is 0 Å². The van der Waals surface area contributed by atoms with Crippen LogP contribution in [0.3, 0.4) is 0 Å². The van der Waals surface area contributed by atoms with Gasteiger partial charge in [-0.3, -0.25) is 9.59 Å². The largest absolute Gasteiger partial charge is 0.460 e. The Morgan fingerprint density at radius 2 is 1.65 bits per heavy atom. The molecule has 110 valence electrons. The van der Waals surface area contributed by atoms with Crippen molar-refractivity contribution in [3.05, 3.63) is 35.9 Å². The maximum atomic E-state index is 12.1. The predicted molar refractivity (Wildman–Crippen MR) is 76.0 cm³/mol. The lowest BCUT2D eigenvalue weighted by molar-refractivity contribution is -0.168. The van der Waals surface area contributed by atoms with E-state index in [2.05, 4.69) is 0 Å². The van der Waals surface area contributed by atoms with Crippen molar-refractivity contribution in [3.8, 4) is 0 Å². The number of carbonyl (C=O) groups excluding carboxylic acids is 2. The first-order chi connectivity index (χ1) is 9.20. The quantitative estimate of drug-likeness (QED) is 0.793. The highest BCUT2D eigenvalue weighted by Gasteiger charge is 2.31. The molecule has 0 saturated carbocycles. The van der Waals surface area contributed by atoms with Crippen molar-refractivity contribution < 1.29 is 19.1 Å². The molecule has 0 aliphatic rings. The third-order valence-corrected chi connectivity index (χ3v) is 2.65. The molecule has 0 amide bonds. The summed E-state index contributed by atoms with van der Waals surface area (Å²) in [5, 5.41) is 0. The zero-order valence-corrected chi connectivity index (χ0v) is 12.7. The molecule has 0 bridgehead atoms. The second kappa shape index (κ2) is 6.55. The van der Waals surface area contributed by atoms with Gasteiger partial charge in [-0.25, -0.2) is 0 Å². The van der Waals surface area contributed by atoms with Crippen LogP contribution in [0.1, 0.15) is 46.3 Å². The van der Waals surface area contributed by atoms with Crippen molar-refractivity contribution in [3.63, 3.8) is 0 Å². The highest BCUT2D eigenvalue weighted by molar-refractivity contribution is 5.74. The van der Waals surface area contributed by atoms with Crippen molar-refractivity contribution in [2.75, 3.05) is 0 Å². The Morgan fingerprint density at radius 3 is 2.10 bits per heavy atom. The Hall–Kier alpha value is -1.84. The van der Waals surface area contributed by atoms with Gasteiger partial charge in [0.15, 0.2) is 0 Å². The molecular formula is C16H22O4. The van der Waals surface area contributed by atoms with Crippen molar-refractivity contribution >= 4 is 11.9 Å². The molecular weight excluding hydrogens is 256 g/mol. The number of rotatable bonds is 4. The SMILES string of the molecule is CC(=O)O[C@@H](c1ccccc1)[C@H](C)C(=O)OC(C)(C)C. The summed E-state index contributed by atoms with van der Waals surface area (Å²) in [7, 11) is 0. The third kappa shape index (κ3) is 5.03. The summed E-state index contributed by atoms with van der Waals surface area (Å²) in [4.78, 5) is 23.4. The Labute approximate surface area is 120 Å². The summed E-state index contributed by atoms with van der Waals surface area (Å²) >= 11 is 0. The van der Waals surface area contributed by atoms with E-state index in [-0.39, 0.29) is 5.97 Å². The van der Waals surface area contributed by atoms with E-state index in [0.717, 1.165) is 5.56 Å². The lowest BCUT2D eigenvalue weighted by Crippen LogP contribution is -2.31. The van der Waals surface area contributed by atoms with Gasteiger partial charge in [0.25, 0.3) is 0 Å². The van der Waals surface area contributed by atoms with Crippen LogP contribution in [0.5, 0.6) is 0 Å². The monoisotopic (exact) mass is 278 g/mol. The summed E-state index contributed by atoms with van der Waals surface area (Å²) in [5.41, 5.74) is 0.212. The molecule has 20 heavy (non-hydrogen) atoms. The maximum Gasteiger partial charge on any atom is 0.313 e. The van der Waals surface area contributed by atoms with Crippen LogP contribution in [0.4, 0.5) is 0 Å². The fraction of sp³-hybridized carbons (Fsp3) is 0.500. The second-order valence-corrected chi connectivity index (χ2v) is 5.76. The molecule has 0 radical (unpaired) electrons. The summed E-state index contributed by atoms with van der Waals surface area (Å²) < 4.78 is 10.6. The van der Waals surface area contributed by atoms with Crippen LogP contribution < -0.4 is 0 Å². The number of ether oxygens (including phenoxy) is 2. The molecule has 2 atom stereocenters. The van der Waals surface area contributed by atoms with Crippen LogP contribution in [-0.2, 0) is 19.1 Å². The Kier molecular flexibility index (Phi) is 5.31. The molecule has 0 aliphatic carbocycles. The Balaban J connectivity index is 2.94. The first kappa shape index (κ1) is 16.2. The minimum atomic E-state index is -0.636. The van der Waals surface area contributed by atoms with E-state index in [4.69, 9.17) is 9.47 Å².